The molecule has 0 fully saturated rings. The number of nitrogens with zero attached hydrogens (tertiary/aromatic N) is 2. The highest BCUT2D eigenvalue weighted by molar-refractivity contribution is 7.99. The molecule has 0 saturated carbocycles. The molecule has 2 rings (SSSR count). The fraction of sp³-hybridized carbons (Fsp3) is 0.375. The molecule has 0 saturated heterocycles. The summed E-state index contributed by atoms with van der Waals surface area (Å²) in [5, 5.41) is 0.574. The minimum Gasteiger partial charge on any atom is -0.327 e. The molecule has 0 aliphatic carbocycles. The summed E-state index contributed by atoms with van der Waals surface area (Å²) in [6, 6.07) is 7.23. The Labute approximate surface area is 129 Å². The van der Waals surface area contributed by atoms with Crippen LogP contribution in [0.3, 0.4) is 0 Å². The number of nitrogens with two attached hydrogens (primary N) is 1. The fourth-order valence-corrected chi connectivity index (χ4v) is 2.91. The van der Waals surface area contributed by atoms with Gasteiger partial charge < -0.3 is 5.73 Å². The average Bonchev–Trinajstić information content (AvgIpc) is 2.40. The lowest BCUT2D eigenvalue weighted by Crippen LogP contribution is -2.21. The van der Waals surface area contributed by atoms with E-state index >= 15 is 0 Å². The van der Waals surface area contributed by atoms with E-state index in [4.69, 9.17) is 5.73 Å². The molecule has 1 atom stereocenters. The first-order valence-corrected chi connectivity index (χ1v) is 7.83. The van der Waals surface area contributed by atoms with Crippen molar-refractivity contribution in [3.8, 4) is 0 Å². The molecule has 1 heterocycles. The van der Waals surface area contributed by atoms with Gasteiger partial charge in [-0.15, -0.1) is 0 Å². The van der Waals surface area contributed by atoms with Crippen LogP contribution < -0.4 is 5.73 Å². The van der Waals surface area contributed by atoms with E-state index in [1.165, 1.54) is 11.8 Å². The molecule has 0 aliphatic rings. The second-order valence-electron chi connectivity index (χ2n) is 5.17. The molecule has 0 spiro atoms. The maximum absolute atomic E-state index is 14.2. The summed E-state index contributed by atoms with van der Waals surface area (Å²) >= 11 is 1.25. The van der Waals surface area contributed by atoms with Crippen molar-refractivity contribution >= 4 is 11.8 Å². The molecule has 0 radical (unpaired) electrons. The SMILES string of the molecule is CCC(N)Cc1ccc(Sc2nc(C)cc(C)n2)c(F)c1. The van der Waals surface area contributed by atoms with Gasteiger partial charge in [-0.2, -0.15) is 0 Å². The molecule has 2 aromatic rings. The van der Waals surface area contributed by atoms with E-state index in [2.05, 4.69) is 9.97 Å². The molecule has 1 unspecified atom stereocenters. The van der Waals surface area contributed by atoms with Crippen LogP contribution in [0.1, 0.15) is 30.3 Å². The van der Waals surface area contributed by atoms with Crippen molar-refractivity contribution < 1.29 is 4.39 Å². The Hall–Kier alpha value is -1.46. The minimum absolute atomic E-state index is 0.0747. The second-order valence-corrected chi connectivity index (χ2v) is 6.18. The Morgan fingerprint density at radius 1 is 1.19 bits per heavy atom. The van der Waals surface area contributed by atoms with Crippen molar-refractivity contribution in [1.82, 2.24) is 9.97 Å². The first-order valence-electron chi connectivity index (χ1n) is 7.02. The fourth-order valence-electron chi connectivity index (χ4n) is 2.04. The van der Waals surface area contributed by atoms with E-state index in [1.54, 1.807) is 12.1 Å². The third-order valence-electron chi connectivity index (χ3n) is 3.18. The highest BCUT2D eigenvalue weighted by atomic mass is 32.2. The normalized spacial score (nSPS) is 12.4. The lowest BCUT2D eigenvalue weighted by atomic mass is 10.0. The van der Waals surface area contributed by atoms with Gasteiger partial charge in [0.05, 0.1) is 4.90 Å². The molecule has 1 aromatic carbocycles. The van der Waals surface area contributed by atoms with Crippen LogP contribution in [0.15, 0.2) is 34.3 Å². The molecule has 3 nitrogen and oxygen atoms in total. The molecule has 0 bridgehead atoms. The third kappa shape index (κ3) is 4.51. The molecule has 5 heteroatoms. The Balaban J connectivity index is 2.17. The highest BCUT2D eigenvalue weighted by Crippen LogP contribution is 2.28. The Morgan fingerprint density at radius 2 is 1.86 bits per heavy atom. The smallest absolute Gasteiger partial charge is 0.192 e. The van der Waals surface area contributed by atoms with Crippen LogP contribution in [0.2, 0.25) is 0 Å². The standard InChI is InChI=1S/C16H20FN3S/c1-4-13(18)8-12-5-6-15(14(17)9-12)21-16-19-10(2)7-11(3)20-16/h5-7,9,13H,4,8,18H2,1-3H3. The van der Waals surface area contributed by atoms with Crippen LogP contribution in [-0.4, -0.2) is 16.0 Å². The van der Waals surface area contributed by atoms with Crippen LogP contribution in [0.5, 0.6) is 0 Å². The summed E-state index contributed by atoms with van der Waals surface area (Å²) < 4.78 is 14.2. The Morgan fingerprint density at radius 3 is 2.43 bits per heavy atom. The molecular formula is C16H20FN3S. The first-order chi connectivity index (χ1) is 9.97. The summed E-state index contributed by atoms with van der Waals surface area (Å²) in [5.41, 5.74) is 8.60. The zero-order chi connectivity index (χ0) is 15.4. The molecule has 0 amide bonds. The number of hydrogen-bond acceptors (Lipinski definition) is 4. The molecule has 112 valence electrons. The quantitative estimate of drug-likeness (QED) is 0.856. The van der Waals surface area contributed by atoms with Crippen LogP contribution in [0, 0.1) is 19.7 Å². The van der Waals surface area contributed by atoms with E-state index in [0.717, 1.165) is 23.4 Å². The predicted molar refractivity (Wildman–Crippen MR) is 84.0 cm³/mol. The van der Waals surface area contributed by atoms with Crippen LogP contribution >= 0.6 is 11.8 Å². The van der Waals surface area contributed by atoms with Crippen LogP contribution in [0.4, 0.5) is 4.39 Å². The van der Waals surface area contributed by atoms with E-state index in [-0.39, 0.29) is 11.9 Å². The number of hydrogen-bond donors (Lipinski definition) is 1. The number of aryl methyl sites for hydroxylation is 2. The second kappa shape index (κ2) is 7.00. The lowest BCUT2D eigenvalue weighted by molar-refractivity contribution is 0.592. The van der Waals surface area contributed by atoms with Gasteiger partial charge in [-0.1, -0.05) is 13.0 Å². The van der Waals surface area contributed by atoms with Gasteiger partial charge in [0.1, 0.15) is 5.82 Å². The number of benzene rings is 1. The molecular weight excluding hydrogens is 285 g/mol. The van der Waals surface area contributed by atoms with E-state index < -0.39 is 0 Å². The van der Waals surface area contributed by atoms with Gasteiger partial charge >= 0.3 is 0 Å². The average molecular weight is 305 g/mol. The van der Waals surface area contributed by atoms with Gasteiger partial charge in [0.15, 0.2) is 5.16 Å². The van der Waals surface area contributed by atoms with Crippen molar-refractivity contribution in [2.75, 3.05) is 0 Å². The Kier molecular flexibility index (Phi) is 5.31. The highest BCUT2D eigenvalue weighted by Gasteiger charge is 2.10. The first kappa shape index (κ1) is 15.9. The minimum atomic E-state index is -0.247. The maximum Gasteiger partial charge on any atom is 0.192 e. The molecule has 21 heavy (non-hydrogen) atoms. The largest absolute Gasteiger partial charge is 0.327 e. The van der Waals surface area contributed by atoms with Gasteiger partial charge in [0.25, 0.3) is 0 Å². The van der Waals surface area contributed by atoms with Crippen molar-refractivity contribution in [1.29, 1.82) is 0 Å². The van der Waals surface area contributed by atoms with Crippen molar-refractivity contribution in [2.45, 2.75) is 49.7 Å². The van der Waals surface area contributed by atoms with Gasteiger partial charge in [-0.05, 0) is 62.2 Å². The topological polar surface area (TPSA) is 51.8 Å². The number of halogens is 1. The van der Waals surface area contributed by atoms with E-state index in [9.17, 15) is 4.39 Å². The lowest BCUT2D eigenvalue weighted by Gasteiger charge is -2.10. The maximum atomic E-state index is 14.2. The van der Waals surface area contributed by atoms with Crippen molar-refractivity contribution in [2.24, 2.45) is 5.73 Å². The van der Waals surface area contributed by atoms with Gasteiger partial charge in [-0.25, -0.2) is 14.4 Å². The summed E-state index contributed by atoms with van der Waals surface area (Å²) in [5.74, 6) is -0.247. The molecule has 1 aromatic heterocycles. The van der Waals surface area contributed by atoms with Gasteiger partial charge in [-0.3, -0.25) is 0 Å². The zero-order valence-corrected chi connectivity index (χ0v) is 13.4. The number of aromatic nitrogens is 2. The Bertz CT molecular complexity index is 611. The van der Waals surface area contributed by atoms with E-state index in [1.807, 2.05) is 32.9 Å². The van der Waals surface area contributed by atoms with Crippen LogP contribution in [-0.2, 0) is 6.42 Å². The summed E-state index contributed by atoms with van der Waals surface area (Å²) in [7, 11) is 0. The molecule has 2 N–H and O–H groups in total. The summed E-state index contributed by atoms with van der Waals surface area (Å²) in [6.45, 7) is 5.84. The van der Waals surface area contributed by atoms with Gasteiger partial charge in [0.2, 0.25) is 0 Å². The zero-order valence-electron chi connectivity index (χ0n) is 12.6. The summed E-state index contributed by atoms with van der Waals surface area (Å²) in [4.78, 5) is 9.18. The number of rotatable bonds is 5. The van der Waals surface area contributed by atoms with E-state index in [0.29, 0.717) is 16.5 Å². The molecule has 0 aliphatic heterocycles. The summed E-state index contributed by atoms with van der Waals surface area (Å²) in [6.07, 6.45) is 1.58. The van der Waals surface area contributed by atoms with Crippen molar-refractivity contribution in [3.05, 3.63) is 47.0 Å². The monoisotopic (exact) mass is 305 g/mol. The van der Waals surface area contributed by atoms with Crippen LogP contribution in [0.25, 0.3) is 0 Å². The third-order valence-corrected chi connectivity index (χ3v) is 4.10. The van der Waals surface area contributed by atoms with Gasteiger partial charge in [0, 0.05) is 17.4 Å². The predicted octanol–water partition coefficient (Wildman–Crippen LogP) is 3.66. The van der Waals surface area contributed by atoms with Crippen molar-refractivity contribution in [3.63, 3.8) is 0 Å².